The van der Waals surface area contributed by atoms with E-state index in [1.807, 2.05) is 13.0 Å². The van der Waals surface area contributed by atoms with Crippen LogP contribution < -0.4 is 0 Å². The topological polar surface area (TPSA) is 29.5 Å². The van der Waals surface area contributed by atoms with Crippen LogP contribution in [0.2, 0.25) is 0 Å². The molecule has 0 aromatic carbocycles. The van der Waals surface area contributed by atoms with Gasteiger partial charge in [-0.1, -0.05) is 70.8 Å². The van der Waals surface area contributed by atoms with Gasteiger partial charge in [0.1, 0.15) is 0 Å². The van der Waals surface area contributed by atoms with Crippen LogP contribution in [0.4, 0.5) is 0 Å². The number of carbonyl (C=O) groups is 1. The molecule has 0 rings (SSSR count). The molecule has 0 aliphatic heterocycles. The first-order valence-corrected chi connectivity index (χ1v) is 10.1. The van der Waals surface area contributed by atoms with Crippen molar-refractivity contribution < 1.29 is 9.53 Å². The Hall–Kier alpha value is -0.830. The van der Waals surface area contributed by atoms with E-state index in [9.17, 15) is 4.79 Å². The Bertz CT molecular complexity index is 324. The molecule has 0 saturated heterocycles. The van der Waals surface area contributed by atoms with Gasteiger partial charge in [0.25, 0.3) is 0 Å². The van der Waals surface area contributed by atoms with Crippen molar-refractivity contribution in [1.82, 2.24) is 4.90 Å². The molecule has 0 saturated carbocycles. The van der Waals surface area contributed by atoms with Gasteiger partial charge in [0.15, 0.2) is 0 Å². The molecule has 0 aromatic heterocycles. The molecule has 24 heavy (non-hydrogen) atoms. The van der Waals surface area contributed by atoms with Gasteiger partial charge in [-0.05, 0) is 46.8 Å². The number of hydrogen-bond acceptors (Lipinski definition) is 3. The van der Waals surface area contributed by atoms with Gasteiger partial charge in [0.05, 0.1) is 6.61 Å². The highest BCUT2D eigenvalue weighted by Crippen LogP contribution is 2.10. The van der Waals surface area contributed by atoms with Crippen LogP contribution in [-0.2, 0) is 9.53 Å². The van der Waals surface area contributed by atoms with Crippen molar-refractivity contribution in [2.45, 2.75) is 90.9 Å². The molecule has 0 fully saturated rings. The van der Waals surface area contributed by atoms with Crippen molar-refractivity contribution in [3.05, 3.63) is 11.6 Å². The van der Waals surface area contributed by atoms with E-state index in [0.29, 0.717) is 6.61 Å². The van der Waals surface area contributed by atoms with Crippen LogP contribution >= 0.6 is 0 Å². The number of unbranched alkanes of at least 4 members (excludes halogenated alkanes) is 10. The average molecular weight is 340 g/mol. The summed E-state index contributed by atoms with van der Waals surface area (Å²) in [5.41, 5.74) is 0.751. The molecule has 3 nitrogen and oxygen atoms in total. The molecule has 0 aliphatic rings. The number of nitrogens with zero attached hydrogens (tertiary/aromatic N) is 1. The van der Waals surface area contributed by atoms with Gasteiger partial charge >= 0.3 is 5.97 Å². The second-order valence-electron chi connectivity index (χ2n) is 7.15. The van der Waals surface area contributed by atoms with E-state index < -0.39 is 0 Å². The van der Waals surface area contributed by atoms with E-state index in [4.69, 9.17) is 4.74 Å². The van der Waals surface area contributed by atoms with E-state index in [-0.39, 0.29) is 5.97 Å². The minimum atomic E-state index is -0.143. The van der Waals surface area contributed by atoms with Crippen molar-refractivity contribution in [2.75, 3.05) is 27.2 Å². The van der Waals surface area contributed by atoms with Gasteiger partial charge in [0, 0.05) is 5.57 Å². The molecule has 0 unspecified atom stereocenters. The van der Waals surface area contributed by atoms with Gasteiger partial charge in [-0.2, -0.15) is 0 Å². The smallest absolute Gasteiger partial charge is 0.333 e. The highest BCUT2D eigenvalue weighted by Gasteiger charge is 2.04. The Balaban J connectivity index is 3.43. The second kappa shape index (κ2) is 17.0. The maximum absolute atomic E-state index is 11.8. The molecule has 0 spiro atoms. The van der Waals surface area contributed by atoms with Gasteiger partial charge < -0.3 is 9.64 Å². The first kappa shape index (κ1) is 23.2. The molecule has 0 bridgehead atoms. The Kier molecular flexibility index (Phi) is 16.4. The van der Waals surface area contributed by atoms with Crippen LogP contribution in [-0.4, -0.2) is 38.1 Å². The number of hydrogen-bond donors (Lipinski definition) is 0. The van der Waals surface area contributed by atoms with Crippen molar-refractivity contribution in [2.24, 2.45) is 0 Å². The highest BCUT2D eigenvalue weighted by molar-refractivity contribution is 5.87. The maximum Gasteiger partial charge on any atom is 0.333 e. The molecular weight excluding hydrogens is 298 g/mol. The first-order valence-electron chi connectivity index (χ1n) is 10.1. The van der Waals surface area contributed by atoms with Gasteiger partial charge in [-0.15, -0.1) is 0 Å². The van der Waals surface area contributed by atoms with Crippen LogP contribution in [0.25, 0.3) is 0 Å². The Labute approximate surface area is 150 Å². The lowest BCUT2D eigenvalue weighted by Gasteiger charge is -2.08. The molecular formula is C21H41NO2. The Morgan fingerprint density at radius 1 is 0.875 bits per heavy atom. The van der Waals surface area contributed by atoms with Crippen LogP contribution in [0.3, 0.4) is 0 Å². The minimum Gasteiger partial charge on any atom is -0.462 e. The lowest BCUT2D eigenvalue weighted by atomic mass is 10.1. The largest absolute Gasteiger partial charge is 0.462 e. The number of allylic oxidation sites excluding steroid dienone is 1. The molecule has 3 heteroatoms. The predicted molar refractivity (Wildman–Crippen MR) is 104 cm³/mol. The van der Waals surface area contributed by atoms with Crippen molar-refractivity contribution in [1.29, 1.82) is 0 Å². The molecule has 0 heterocycles. The predicted octanol–water partition coefficient (Wildman–Crippen LogP) is 5.74. The second-order valence-corrected chi connectivity index (χ2v) is 7.15. The molecule has 0 N–H and O–H groups in total. The fourth-order valence-corrected chi connectivity index (χ4v) is 2.68. The Morgan fingerprint density at radius 3 is 1.96 bits per heavy atom. The Morgan fingerprint density at radius 2 is 1.42 bits per heavy atom. The van der Waals surface area contributed by atoms with Crippen LogP contribution in [0.5, 0.6) is 0 Å². The summed E-state index contributed by atoms with van der Waals surface area (Å²) in [6.45, 7) is 5.74. The van der Waals surface area contributed by atoms with Gasteiger partial charge in [-0.25, -0.2) is 4.79 Å². The first-order chi connectivity index (χ1) is 11.6. The molecule has 0 amide bonds. The summed E-state index contributed by atoms with van der Waals surface area (Å²) in [6.07, 6.45) is 17.0. The van der Waals surface area contributed by atoms with Gasteiger partial charge in [-0.3, -0.25) is 0 Å². The normalized spacial score (nSPS) is 12.0. The zero-order valence-corrected chi connectivity index (χ0v) is 16.7. The van der Waals surface area contributed by atoms with Gasteiger partial charge in [0.2, 0.25) is 0 Å². The molecule has 142 valence electrons. The average Bonchev–Trinajstić information content (AvgIpc) is 2.56. The molecule has 0 radical (unpaired) electrons. The fourth-order valence-electron chi connectivity index (χ4n) is 2.68. The van der Waals surface area contributed by atoms with Crippen molar-refractivity contribution >= 4 is 5.97 Å². The fraction of sp³-hybridized carbons (Fsp3) is 0.857. The lowest BCUT2D eigenvalue weighted by Crippen LogP contribution is -2.12. The third kappa shape index (κ3) is 16.0. The van der Waals surface area contributed by atoms with Crippen LogP contribution in [0.15, 0.2) is 11.6 Å². The number of ether oxygens (including phenoxy) is 1. The number of carbonyl (C=O) groups excluding carboxylic acids is 1. The van der Waals surface area contributed by atoms with Crippen LogP contribution in [0.1, 0.15) is 90.9 Å². The molecule has 0 aromatic rings. The van der Waals surface area contributed by atoms with E-state index in [1.54, 1.807) is 0 Å². The number of esters is 1. The maximum atomic E-state index is 11.8. The quantitative estimate of drug-likeness (QED) is 0.204. The third-order valence-corrected chi connectivity index (χ3v) is 4.31. The molecule has 0 atom stereocenters. The summed E-state index contributed by atoms with van der Waals surface area (Å²) in [7, 11) is 4.13. The summed E-state index contributed by atoms with van der Waals surface area (Å²) in [5.74, 6) is -0.143. The molecule has 0 aliphatic carbocycles. The lowest BCUT2D eigenvalue weighted by molar-refractivity contribution is -0.139. The third-order valence-electron chi connectivity index (χ3n) is 4.31. The summed E-state index contributed by atoms with van der Waals surface area (Å²) in [4.78, 5) is 14.0. The van der Waals surface area contributed by atoms with Crippen molar-refractivity contribution in [3.63, 3.8) is 0 Å². The van der Waals surface area contributed by atoms with E-state index in [1.165, 1.54) is 57.8 Å². The minimum absolute atomic E-state index is 0.143. The number of rotatable bonds is 16. The summed E-state index contributed by atoms with van der Waals surface area (Å²) in [5, 5.41) is 0. The highest BCUT2D eigenvalue weighted by atomic mass is 16.5. The summed E-state index contributed by atoms with van der Waals surface area (Å²) >= 11 is 0. The van der Waals surface area contributed by atoms with Crippen LogP contribution in [0, 0.1) is 0 Å². The zero-order chi connectivity index (χ0) is 18.0. The SMILES string of the molecule is CCCCCCCCCCCCOC(=O)C(C)=CCCCN(C)C. The summed E-state index contributed by atoms with van der Waals surface area (Å²) < 4.78 is 5.34. The zero-order valence-electron chi connectivity index (χ0n) is 16.7. The van der Waals surface area contributed by atoms with E-state index in [2.05, 4.69) is 25.9 Å². The van der Waals surface area contributed by atoms with E-state index in [0.717, 1.165) is 31.4 Å². The standard InChI is InChI=1S/C21H41NO2/c1-5-6-7-8-9-10-11-12-13-16-19-24-21(23)20(2)17-14-15-18-22(3)4/h17H,5-16,18-19H2,1-4H3. The van der Waals surface area contributed by atoms with E-state index >= 15 is 0 Å². The monoisotopic (exact) mass is 339 g/mol. The summed E-state index contributed by atoms with van der Waals surface area (Å²) in [6, 6.07) is 0. The van der Waals surface area contributed by atoms with Crippen molar-refractivity contribution in [3.8, 4) is 0 Å².